The molecule has 2 aliphatic rings. The van der Waals surface area contributed by atoms with Gasteiger partial charge < -0.3 is 5.32 Å². The lowest BCUT2D eigenvalue weighted by Crippen LogP contribution is -2.39. The maximum absolute atomic E-state index is 13.8. The van der Waals surface area contributed by atoms with Crippen LogP contribution in [0, 0.1) is 23.4 Å². The molecule has 2 nitrogen and oxygen atoms in total. The maximum Gasteiger partial charge on any atom is 0.161 e. The van der Waals surface area contributed by atoms with Crippen LogP contribution in [-0.4, -0.2) is 30.6 Å². The first-order valence-corrected chi connectivity index (χ1v) is 7.71. The van der Waals surface area contributed by atoms with Crippen LogP contribution < -0.4 is 5.32 Å². The first-order chi connectivity index (χ1) is 10.1. The molecule has 21 heavy (non-hydrogen) atoms. The first kappa shape index (κ1) is 14.9. The van der Waals surface area contributed by atoms with Crippen molar-refractivity contribution in [1.82, 2.24) is 10.2 Å². The number of halogens is 3. The molecule has 116 valence electrons. The number of benzene rings is 1. The Balaban J connectivity index is 1.68. The van der Waals surface area contributed by atoms with Gasteiger partial charge in [-0.15, -0.1) is 0 Å². The number of hydrogen-bond acceptors (Lipinski definition) is 2. The molecule has 0 spiro atoms. The summed E-state index contributed by atoms with van der Waals surface area (Å²) < 4.78 is 40.1. The molecule has 1 aromatic rings. The Morgan fingerprint density at radius 1 is 1.05 bits per heavy atom. The second-order valence-electron chi connectivity index (χ2n) is 6.23. The lowest BCUT2D eigenvalue weighted by molar-refractivity contribution is 0.190. The van der Waals surface area contributed by atoms with E-state index in [-0.39, 0.29) is 5.56 Å². The zero-order valence-electron chi connectivity index (χ0n) is 12.0. The molecule has 0 amide bonds. The molecule has 1 saturated heterocycles. The molecular weight excluding hydrogens is 277 g/mol. The molecule has 0 aromatic heterocycles. The van der Waals surface area contributed by atoms with E-state index in [0.717, 1.165) is 38.5 Å². The molecular formula is C16H21F3N2. The Hall–Kier alpha value is -1.07. The summed E-state index contributed by atoms with van der Waals surface area (Å²) in [6, 6.07) is 2.12. The van der Waals surface area contributed by atoms with E-state index < -0.39 is 17.5 Å². The molecule has 1 N–H and O–H groups in total. The summed E-state index contributed by atoms with van der Waals surface area (Å²) in [4.78, 5) is 2.23. The summed E-state index contributed by atoms with van der Waals surface area (Å²) in [6.45, 7) is 3.32. The highest BCUT2D eigenvalue weighted by molar-refractivity contribution is 5.20. The minimum absolute atomic E-state index is 0.254. The quantitative estimate of drug-likeness (QED) is 0.841. The van der Waals surface area contributed by atoms with Crippen molar-refractivity contribution in [1.29, 1.82) is 0 Å². The Morgan fingerprint density at radius 2 is 1.81 bits per heavy atom. The second-order valence-corrected chi connectivity index (χ2v) is 6.23. The van der Waals surface area contributed by atoms with Crippen LogP contribution in [0.2, 0.25) is 0 Å². The largest absolute Gasteiger partial charge is 0.316 e. The van der Waals surface area contributed by atoms with Crippen molar-refractivity contribution < 1.29 is 13.2 Å². The monoisotopic (exact) mass is 298 g/mol. The highest BCUT2D eigenvalue weighted by Gasteiger charge is 2.31. The molecule has 2 fully saturated rings. The van der Waals surface area contributed by atoms with Crippen molar-refractivity contribution in [3.05, 3.63) is 35.1 Å². The molecule has 1 saturated carbocycles. The lowest BCUT2D eigenvalue weighted by Gasteiger charge is -2.30. The zero-order chi connectivity index (χ0) is 14.8. The van der Waals surface area contributed by atoms with Crippen LogP contribution in [0.25, 0.3) is 0 Å². The zero-order valence-corrected chi connectivity index (χ0v) is 12.0. The Kier molecular flexibility index (Phi) is 4.50. The molecule has 1 aliphatic heterocycles. The summed E-state index contributed by atoms with van der Waals surface area (Å²) >= 11 is 0. The van der Waals surface area contributed by atoms with Gasteiger partial charge in [0.15, 0.2) is 11.6 Å². The Morgan fingerprint density at radius 3 is 2.48 bits per heavy atom. The van der Waals surface area contributed by atoms with Gasteiger partial charge >= 0.3 is 0 Å². The third kappa shape index (κ3) is 3.77. The van der Waals surface area contributed by atoms with Gasteiger partial charge in [-0.3, -0.25) is 4.90 Å². The lowest BCUT2D eigenvalue weighted by atomic mass is 9.98. The van der Waals surface area contributed by atoms with Crippen molar-refractivity contribution in [3.63, 3.8) is 0 Å². The predicted octanol–water partition coefficient (Wildman–Crippen LogP) is 3.07. The summed E-state index contributed by atoms with van der Waals surface area (Å²) in [5.41, 5.74) is 0.254. The highest BCUT2D eigenvalue weighted by Crippen LogP contribution is 2.30. The maximum atomic E-state index is 13.8. The third-order valence-corrected chi connectivity index (χ3v) is 4.42. The van der Waals surface area contributed by atoms with Gasteiger partial charge in [-0.2, -0.15) is 0 Å². The number of nitrogens with one attached hydrogen (secondary N) is 1. The highest BCUT2D eigenvalue weighted by atomic mass is 19.2. The van der Waals surface area contributed by atoms with Gasteiger partial charge in [0.05, 0.1) is 0 Å². The van der Waals surface area contributed by atoms with Crippen LogP contribution in [-0.2, 0) is 6.54 Å². The van der Waals surface area contributed by atoms with E-state index in [4.69, 9.17) is 0 Å². The fraction of sp³-hybridized carbons (Fsp3) is 0.625. The third-order valence-electron chi connectivity index (χ3n) is 4.42. The van der Waals surface area contributed by atoms with Crippen molar-refractivity contribution in [2.75, 3.05) is 19.6 Å². The number of hydrogen-bond donors (Lipinski definition) is 1. The minimum Gasteiger partial charge on any atom is -0.316 e. The summed E-state index contributed by atoms with van der Waals surface area (Å²) in [7, 11) is 0. The van der Waals surface area contributed by atoms with E-state index in [9.17, 15) is 13.2 Å². The van der Waals surface area contributed by atoms with Crippen LogP contribution >= 0.6 is 0 Å². The molecule has 1 unspecified atom stereocenters. The SMILES string of the molecule is Fc1cc(F)c(CN(CC2CCCNC2)C2CC2)cc1F. The Labute approximate surface area is 123 Å². The number of piperidine rings is 1. The van der Waals surface area contributed by atoms with Crippen molar-refractivity contribution in [2.24, 2.45) is 5.92 Å². The molecule has 0 bridgehead atoms. The van der Waals surface area contributed by atoms with Gasteiger partial charge in [-0.05, 0) is 50.8 Å². The average molecular weight is 298 g/mol. The van der Waals surface area contributed by atoms with E-state index in [0.29, 0.717) is 24.6 Å². The van der Waals surface area contributed by atoms with E-state index in [1.54, 1.807) is 0 Å². The molecule has 1 aromatic carbocycles. The van der Waals surface area contributed by atoms with Gasteiger partial charge in [-0.1, -0.05) is 0 Å². The standard InChI is InChI=1S/C16H21F3N2/c17-14-7-16(19)15(18)6-12(14)10-21(13-3-4-13)9-11-2-1-5-20-8-11/h6-7,11,13,20H,1-5,8-10H2. The fourth-order valence-corrected chi connectivity index (χ4v) is 3.10. The van der Waals surface area contributed by atoms with Crippen LogP contribution in [0.3, 0.4) is 0 Å². The van der Waals surface area contributed by atoms with E-state index in [2.05, 4.69) is 10.2 Å². The van der Waals surface area contributed by atoms with Crippen molar-refractivity contribution >= 4 is 0 Å². The van der Waals surface area contributed by atoms with Gasteiger partial charge in [0, 0.05) is 30.8 Å². The normalized spacial score (nSPS) is 22.8. The van der Waals surface area contributed by atoms with Crippen LogP contribution in [0.4, 0.5) is 13.2 Å². The Bertz CT molecular complexity index is 497. The van der Waals surface area contributed by atoms with Gasteiger partial charge in [0.2, 0.25) is 0 Å². The summed E-state index contributed by atoms with van der Waals surface area (Å²) in [6.07, 6.45) is 4.58. The molecule has 0 radical (unpaired) electrons. The van der Waals surface area contributed by atoms with Gasteiger partial charge in [-0.25, -0.2) is 13.2 Å². The smallest absolute Gasteiger partial charge is 0.161 e. The summed E-state index contributed by atoms with van der Waals surface area (Å²) in [5.74, 6) is -2.18. The number of rotatable bonds is 5. The molecule has 5 heteroatoms. The van der Waals surface area contributed by atoms with E-state index in [1.165, 1.54) is 12.8 Å². The minimum atomic E-state index is -1.12. The summed E-state index contributed by atoms with van der Waals surface area (Å²) in [5, 5.41) is 3.38. The topological polar surface area (TPSA) is 15.3 Å². The average Bonchev–Trinajstić information content (AvgIpc) is 3.29. The fourth-order valence-electron chi connectivity index (χ4n) is 3.10. The van der Waals surface area contributed by atoms with Gasteiger partial charge in [0.1, 0.15) is 5.82 Å². The number of nitrogens with zero attached hydrogens (tertiary/aromatic N) is 1. The predicted molar refractivity (Wildman–Crippen MR) is 75.3 cm³/mol. The van der Waals surface area contributed by atoms with Crippen LogP contribution in [0.5, 0.6) is 0 Å². The van der Waals surface area contributed by atoms with E-state index in [1.807, 2.05) is 0 Å². The van der Waals surface area contributed by atoms with Crippen LogP contribution in [0.1, 0.15) is 31.2 Å². The molecule has 1 aliphatic carbocycles. The molecule has 1 heterocycles. The molecule has 3 rings (SSSR count). The van der Waals surface area contributed by atoms with Crippen molar-refractivity contribution in [2.45, 2.75) is 38.3 Å². The molecule has 1 atom stereocenters. The van der Waals surface area contributed by atoms with Crippen molar-refractivity contribution in [3.8, 4) is 0 Å². The first-order valence-electron chi connectivity index (χ1n) is 7.71. The van der Waals surface area contributed by atoms with Gasteiger partial charge in [0.25, 0.3) is 0 Å². The van der Waals surface area contributed by atoms with Crippen LogP contribution in [0.15, 0.2) is 12.1 Å². The second kappa shape index (κ2) is 6.36. The van der Waals surface area contributed by atoms with E-state index >= 15 is 0 Å².